The van der Waals surface area contributed by atoms with Crippen LogP contribution in [-0.4, -0.2) is 36.3 Å². The summed E-state index contributed by atoms with van der Waals surface area (Å²) in [4.78, 5) is 22.8. The molecule has 0 N–H and O–H groups in total. The minimum atomic E-state index is -0.966. The van der Waals surface area contributed by atoms with Gasteiger partial charge in [-0.2, -0.15) is 4.98 Å². The standard InChI is InChI=1S/C23H24FN5O4/c1-22(2)10-8-15(32-22)20-26-19(27-33-20)16-18-21(30)29(23(3)9-5-11-31-23)17-13(24)6-4-7-14(17)28(18)12-25-16/h4,6-7,12,15H,5,8-11H2,1-3H3. The van der Waals surface area contributed by atoms with Crippen LogP contribution in [0, 0.1) is 5.82 Å². The summed E-state index contributed by atoms with van der Waals surface area (Å²) in [5, 5.41) is 4.09. The zero-order valence-electron chi connectivity index (χ0n) is 18.7. The number of imidazole rings is 1. The first kappa shape index (κ1) is 20.5. The third-order valence-electron chi connectivity index (χ3n) is 6.69. The predicted octanol–water partition coefficient (Wildman–Crippen LogP) is 3.95. The highest BCUT2D eigenvalue weighted by Gasteiger charge is 2.38. The lowest BCUT2D eigenvalue weighted by Crippen LogP contribution is -2.39. The van der Waals surface area contributed by atoms with E-state index in [0.29, 0.717) is 24.4 Å². The minimum absolute atomic E-state index is 0.179. The summed E-state index contributed by atoms with van der Waals surface area (Å²) in [5.41, 5.74) is -0.448. The molecule has 10 heteroatoms. The molecule has 0 amide bonds. The highest BCUT2D eigenvalue weighted by atomic mass is 19.1. The van der Waals surface area contributed by atoms with Gasteiger partial charge in [-0.1, -0.05) is 11.2 Å². The minimum Gasteiger partial charge on any atom is -0.363 e. The van der Waals surface area contributed by atoms with Gasteiger partial charge in [-0.25, -0.2) is 9.37 Å². The Hall–Kier alpha value is -3.11. The molecule has 6 rings (SSSR count). The van der Waals surface area contributed by atoms with Gasteiger partial charge in [0.05, 0.1) is 11.1 Å². The van der Waals surface area contributed by atoms with Crippen LogP contribution in [0.25, 0.3) is 28.1 Å². The van der Waals surface area contributed by atoms with E-state index >= 15 is 4.39 Å². The molecular formula is C23H24FN5O4. The fraction of sp³-hybridized carbons (Fsp3) is 0.478. The van der Waals surface area contributed by atoms with E-state index in [1.165, 1.54) is 17.0 Å². The first-order valence-corrected chi connectivity index (χ1v) is 11.1. The van der Waals surface area contributed by atoms with E-state index in [2.05, 4.69) is 15.1 Å². The number of fused-ring (bicyclic) bond motifs is 3. The number of hydrogen-bond acceptors (Lipinski definition) is 7. The SMILES string of the molecule is CC1(C)CCC(c2nc(-c3ncn4c3c(=O)n(C3(C)CCCO3)c3c(F)cccc34)no2)O1. The summed E-state index contributed by atoms with van der Waals surface area (Å²) >= 11 is 0. The summed E-state index contributed by atoms with van der Waals surface area (Å²) in [6, 6.07) is 4.70. The van der Waals surface area contributed by atoms with Crippen LogP contribution in [-0.2, 0) is 15.2 Å². The fourth-order valence-electron chi connectivity index (χ4n) is 5.04. The maximum absolute atomic E-state index is 15.0. The molecular weight excluding hydrogens is 429 g/mol. The number of para-hydroxylation sites is 1. The Morgan fingerprint density at radius 3 is 2.76 bits per heavy atom. The second kappa shape index (κ2) is 6.94. The largest absolute Gasteiger partial charge is 0.363 e. The molecule has 33 heavy (non-hydrogen) atoms. The van der Waals surface area contributed by atoms with E-state index < -0.39 is 17.1 Å². The van der Waals surface area contributed by atoms with Gasteiger partial charge < -0.3 is 14.0 Å². The summed E-state index contributed by atoms with van der Waals surface area (Å²) < 4.78 is 35.5. The maximum atomic E-state index is 15.0. The smallest absolute Gasteiger partial charge is 0.280 e. The zero-order chi connectivity index (χ0) is 23.0. The maximum Gasteiger partial charge on any atom is 0.280 e. The van der Waals surface area contributed by atoms with Gasteiger partial charge in [0.25, 0.3) is 11.4 Å². The first-order chi connectivity index (χ1) is 15.8. The van der Waals surface area contributed by atoms with E-state index in [9.17, 15) is 4.79 Å². The number of ether oxygens (including phenoxy) is 2. The molecule has 0 radical (unpaired) electrons. The van der Waals surface area contributed by atoms with Crippen molar-refractivity contribution in [1.29, 1.82) is 0 Å². The molecule has 2 saturated heterocycles. The van der Waals surface area contributed by atoms with Crippen LogP contribution in [0.15, 0.2) is 33.8 Å². The van der Waals surface area contributed by atoms with Crippen LogP contribution in [0.4, 0.5) is 4.39 Å². The molecule has 2 atom stereocenters. The molecule has 2 aliphatic heterocycles. The normalized spacial score (nSPS) is 24.9. The number of hydrogen-bond donors (Lipinski definition) is 0. The number of nitrogens with zero attached hydrogens (tertiary/aromatic N) is 5. The fourth-order valence-corrected chi connectivity index (χ4v) is 5.04. The molecule has 2 aliphatic rings. The highest BCUT2D eigenvalue weighted by molar-refractivity contribution is 5.84. The molecule has 2 unspecified atom stereocenters. The highest BCUT2D eigenvalue weighted by Crippen LogP contribution is 2.39. The van der Waals surface area contributed by atoms with E-state index in [0.717, 1.165) is 19.3 Å². The number of aromatic nitrogens is 5. The molecule has 0 saturated carbocycles. The molecule has 3 aromatic heterocycles. The topological polar surface area (TPSA) is 96.7 Å². The lowest BCUT2D eigenvalue weighted by Gasteiger charge is -2.28. The number of rotatable bonds is 3. The van der Waals surface area contributed by atoms with Crippen molar-refractivity contribution < 1.29 is 18.4 Å². The van der Waals surface area contributed by atoms with E-state index in [1.54, 1.807) is 16.5 Å². The monoisotopic (exact) mass is 453 g/mol. The quantitative estimate of drug-likeness (QED) is 0.463. The molecule has 0 bridgehead atoms. The molecule has 0 aliphatic carbocycles. The van der Waals surface area contributed by atoms with E-state index in [-0.39, 0.29) is 34.3 Å². The van der Waals surface area contributed by atoms with Crippen LogP contribution in [0.3, 0.4) is 0 Å². The molecule has 172 valence electrons. The average Bonchev–Trinajstić information content (AvgIpc) is 3.54. The lowest BCUT2D eigenvalue weighted by molar-refractivity contribution is -0.0451. The van der Waals surface area contributed by atoms with Gasteiger partial charge in [-0.15, -0.1) is 0 Å². The number of halogens is 1. The third-order valence-corrected chi connectivity index (χ3v) is 6.69. The van der Waals surface area contributed by atoms with Crippen LogP contribution >= 0.6 is 0 Å². The Kier molecular flexibility index (Phi) is 4.31. The van der Waals surface area contributed by atoms with Gasteiger partial charge in [0.15, 0.2) is 0 Å². The van der Waals surface area contributed by atoms with Gasteiger partial charge in [0.2, 0.25) is 5.82 Å². The van der Waals surface area contributed by atoms with Crippen molar-refractivity contribution in [2.45, 2.75) is 63.9 Å². The predicted molar refractivity (Wildman–Crippen MR) is 116 cm³/mol. The Labute approximate surface area is 188 Å². The van der Waals surface area contributed by atoms with Crippen LogP contribution in [0.1, 0.15) is 58.4 Å². The molecule has 5 heterocycles. The molecule has 0 spiro atoms. The Morgan fingerprint density at radius 2 is 2.03 bits per heavy atom. The Morgan fingerprint density at radius 1 is 1.18 bits per heavy atom. The molecule has 4 aromatic rings. The van der Waals surface area contributed by atoms with Crippen LogP contribution < -0.4 is 5.56 Å². The van der Waals surface area contributed by atoms with Gasteiger partial charge in [0, 0.05) is 6.61 Å². The first-order valence-electron chi connectivity index (χ1n) is 11.1. The summed E-state index contributed by atoms with van der Waals surface area (Å²) in [6.07, 6.45) is 4.21. The Balaban J connectivity index is 1.57. The van der Waals surface area contributed by atoms with Crippen molar-refractivity contribution in [3.8, 4) is 11.5 Å². The third kappa shape index (κ3) is 3.04. The van der Waals surface area contributed by atoms with Crippen molar-refractivity contribution in [3.05, 3.63) is 46.6 Å². The molecule has 2 fully saturated rings. The molecule has 1 aromatic carbocycles. The summed E-state index contributed by atoms with van der Waals surface area (Å²) in [5.74, 6) is 0.0500. The van der Waals surface area contributed by atoms with Crippen molar-refractivity contribution in [2.75, 3.05) is 6.61 Å². The van der Waals surface area contributed by atoms with Gasteiger partial charge >= 0.3 is 0 Å². The molecule has 9 nitrogen and oxygen atoms in total. The average molecular weight is 453 g/mol. The zero-order valence-corrected chi connectivity index (χ0v) is 18.7. The van der Waals surface area contributed by atoms with Crippen molar-refractivity contribution in [1.82, 2.24) is 24.1 Å². The van der Waals surface area contributed by atoms with Gasteiger partial charge in [-0.05, 0) is 58.6 Å². The van der Waals surface area contributed by atoms with Crippen molar-refractivity contribution >= 4 is 16.6 Å². The lowest BCUT2D eigenvalue weighted by atomic mass is 10.1. The second-order valence-corrected chi connectivity index (χ2v) is 9.55. The van der Waals surface area contributed by atoms with Gasteiger partial charge in [0.1, 0.15) is 40.7 Å². The second-order valence-electron chi connectivity index (χ2n) is 9.55. The number of benzene rings is 1. The Bertz CT molecular complexity index is 1450. The van der Waals surface area contributed by atoms with Crippen LogP contribution in [0.2, 0.25) is 0 Å². The van der Waals surface area contributed by atoms with E-state index in [4.69, 9.17) is 14.0 Å². The summed E-state index contributed by atoms with van der Waals surface area (Å²) in [7, 11) is 0. The van der Waals surface area contributed by atoms with Crippen molar-refractivity contribution in [2.24, 2.45) is 0 Å². The van der Waals surface area contributed by atoms with Gasteiger partial charge in [-0.3, -0.25) is 13.8 Å². The van der Waals surface area contributed by atoms with E-state index in [1.807, 2.05) is 20.8 Å². The van der Waals surface area contributed by atoms with Crippen molar-refractivity contribution in [3.63, 3.8) is 0 Å². The summed E-state index contributed by atoms with van der Waals surface area (Å²) in [6.45, 7) is 6.35. The van der Waals surface area contributed by atoms with Crippen LogP contribution in [0.5, 0.6) is 0 Å².